The highest BCUT2D eigenvalue weighted by molar-refractivity contribution is 5.88. The fraction of sp³-hybridized carbons (Fsp3) is 0.444. The number of rotatable bonds is 6. The van der Waals surface area contributed by atoms with E-state index in [1.165, 1.54) is 5.69 Å². The first-order valence-corrected chi connectivity index (χ1v) is 17.3. The van der Waals surface area contributed by atoms with Crippen LogP contribution in [0.25, 0.3) is 22.1 Å². The van der Waals surface area contributed by atoms with Crippen molar-refractivity contribution in [1.29, 1.82) is 0 Å². The van der Waals surface area contributed by atoms with Gasteiger partial charge in [-0.2, -0.15) is 5.10 Å². The van der Waals surface area contributed by atoms with E-state index in [0.717, 1.165) is 59.9 Å². The molecule has 254 valence electrons. The number of hydrogen-bond acceptors (Lipinski definition) is 7. The quantitative estimate of drug-likeness (QED) is 0.251. The summed E-state index contributed by atoms with van der Waals surface area (Å²) in [5.74, 6) is -0.0283. The number of H-pyrrole nitrogens is 2. The number of aryl methyl sites for hydroxylation is 1. The maximum absolute atomic E-state index is 14.4. The highest BCUT2D eigenvalue weighted by Gasteiger charge is 2.43. The Morgan fingerprint density at radius 3 is 2.57 bits per heavy atom. The van der Waals surface area contributed by atoms with Gasteiger partial charge in [0.2, 0.25) is 5.91 Å². The zero-order valence-electron chi connectivity index (χ0n) is 27.8. The maximum atomic E-state index is 14.4. The van der Waals surface area contributed by atoms with Crippen LogP contribution in [0, 0.1) is 12.3 Å². The number of aromatic amines is 2. The number of urea groups is 1. The van der Waals surface area contributed by atoms with Gasteiger partial charge in [-0.3, -0.25) is 24.4 Å². The molecule has 5 aromatic rings. The molecule has 1 spiro atoms. The van der Waals surface area contributed by atoms with E-state index in [1.807, 2.05) is 36.4 Å². The zero-order valence-corrected chi connectivity index (χ0v) is 27.8. The molecule has 3 saturated heterocycles. The van der Waals surface area contributed by atoms with E-state index < -0.39 is 6.04 Å². The van der Waals surface area contributed by atoms with Crippen molar-refractivity contribution in [3.8, 4) is 0 Å². The van der Waals surface area contributed by atoms with Crippen molar-refractivity contribution in [1.82, 2.24) is 44.8 Å². The van der Waals surface area contributed by atoms with Crippen molar-refractivity contribution in [3.05, 3.63) is 82.8 Å². The summed E-state index contributed by atoms with van der Waals surface area (Å²) in [4.78, 5) is 58.4. The summed E-state index contributed by atoms with van der Waals surface area (Å²) >= 11 is 0. The summed E-state index contributed by atoms with van der Waals surface area (Å²) in [7, 11) is 0. The first-order valence-electron chi connectivity index (χ1n) is 17.3. The minimum Gasteiger partial charge on any atom is -0.371 e. The lowest BCUT2D eigenvalue weighted by Gasteiger charge is -2.40. The average molecular weight is 663 g/mol. The van der Waals surface area contributed by atoms with Gasteiger partial charge in [0.05, 0.1) is 17.2 Å². The van der Waals surface area contributed by atoms with Crippen molar-refractivity contribution in [3.63, 3.8) is 0 Å². The largest absolute Gasteiger partial charge is 0.371 e. The lowest BCUT2D eigenvalue weighted by atomic mass is 9.77. The number of amides is 3. The van der Waals surface area contributed by atoms with Gasteiger partial charge in [-0.15, -0.1) is 0 Å². The van der Waals surface area contributed by atoms with Crippen molar-refractivity contribution >= 4 is 39.7 Å². The third kappa shape index (κ3) is 6.02. The van der Waals surface area contributed by atoms with Gasteiger partial charge in [0, 0.05) is 81.4 Å². The van der Waals surface area contributed by atoms with Gasteiger partial charge in [0.25, 0.3) is 0 Å². The molecule has 3 N–H and O–H groups in total. The molecule has 4 aromatic heterocycles. The number of nitrogens with zero attached hydrogens (tertiary/aromatic N) is 7. The van der Waals surface area contributed by atoms with Crippen LogP contribution < -0.4 is 15.9 Å². The van der Waals surface area contributed by atoms with Crippen LogP contribution in [0.3, 0.4) is 0 Å². The molecule has 3 aliphatic heterocycles. The number of likely N-dealkylation sites (tertiary alicyclic amines) is 2. The van der Waals surface area contributed by atoms with Crippen LogP contribution in [-0.2, 0) is 11.2 Å². The monoisotopic (exact) mass is 662 g/mol. The average Bonchev–Trinajstić information content (AvgIpc) is 3.86. The number of nitrogens with one attached hydrogen (secondary N) is 3. The number of benzene rings is 1. The molecule has 8 rings (SSSR count). The number of carbonyl (C=O) groups is 2. The fourth-order valence-corrected chi connectivity index (χ4v) is 8.30. The van der Waals surface area contributed by atoms with E-state index in [4.69, 9.17) is 0 Å². The van der Waals surface area contributed by atoms with Gasteiger partial charge >= 0.3 is 11.7 Å². The van der Waals surface area contributed by atoms with Gasteiger partial charge < -0.3 is 20.0 Å². The molecule has 7 heterocycles. The van der Waals surface area contributed by atoms with Gasteiger partial charge in [-0.05, 0) is 85.9 Å². The lowest BCUT2D eigenvalue weighted by molar-refractivity contribution is -0.132. The van der Waals surface area contributed by atoms with Gasteiger partial charge in [-0.1, -0.05) is 6.07 Å². The van der Waals surface area contributed by atoms with Crippen LogP contribution in [-0.4, -0.2) is 96.8 Å². The third-order valence-electron chi connectivity index (χ3n) is 11.1. The number of imidazole rings is 1. The Hall–Kier alpha value is -5.20. The van der Waals surface area contributed by atoms with E-state index in [0.29, 0.717) is 51.1 Å². The van der Waals surface area contributed by atoms with E-state index in [-0.39, 0.29) is 29.1 Å². The molecule has 1 aromatic carbocycles. The number of piperidine rings is 2. The number of anilines is 1. The Kier molecular flexibility index (Phi) is 8.04. The van der Waals surface area contributed by atoms with Crippen molar-refractivity contribution in [2.24, 2.45) is 5.41 Å². The molecular weight excluding hydrogens is 620 g/mol. The first kappa shape index (κ1) is 31.1. The van der Waals surface area contributed by atoms with Crippen molar-refractivity contribution in [2.45, 2.75) is 57.5 Å². The Balaban J connectivity index is 0.965. The van der Waals surface area contributed by atoms with Crippen molar-refractivity contribution in [2.75, 3.05) is 44.2 Å². The van der Waals surface area contributed by atoms with Crippen LogP contribution in [0.4, 0.5) is 10.5 Å². The Bertz CT molecular complexity index is 2040. The summed E-state index contributed by atoms with van der Waals surface area (Å²) < 4.78 is 1.77. The van der Waals surface area contributed by atoms with Crippen LogP contribution in [0.1, 0.15) is 49.3 Å². The molecular formula is C36H42N10O3. The Morgan fingerprint density at radius 1 is 1.00 bits per heavy atom. The summed E-state index contributed by atoms with van der Waals surface area (Å²) in [5, 5.41) is 11.4. The molecule has 3 aliphatic rings. The van der Waals surface area contributed by atoms with Gasteiger partial charge in [-0.25, -0.2) is 14.6 Å². The minimum atomic E-state index is -0.705. The second-order valence-electron chi connectivity index (χ2n) is 14.0. The molecule has 0 aliphatic carbocycles. The number of hydrogen-bond donors (Lipinski definition) is 3. The molecule has 3 amide bonds. The highest BCUT2D eigenvalue weighted by Crippen LogP contribution is 2.41. The second-order valence-corrected chi connectivity index (χ2v) is 14.0. The smallest absolute Gasteiger partial charge is 0.327 e. The Morgan fingerprint density at radius 2 is 1.78 bits per heavy atom. The van der Waals surface area contributed by atoms with E-state index in [2.05, 4.69) is 59.6 Å². The number of fused-ring (bicyclic) bond motifs is 2. The van der Waals surface area contributed by atoms with E-state index in [9.17, 15) is 14.4 Å². The van der Waals surface area contributed by atoms with E-state index in [1.54, 1.807) is 21.9 Å². The van der Waals surface area contributed by atoms with Crippen molar-refractivity contribution < 1.29 is 9.59 Å². The lowest BCUT2D eigenvalue weighted by Crippen LogP contribution is -2.54. The maximum Gasteiger partial charge on any atom is 0.327 e. The summed E-state index contributed by atoms with van der Waals surface area (Å²) in [6, 6.07) is 11.0. The third-order valence-corrected chi connectivity index (χ3v) is 11.1. The molecule has 3 fully saturated rings. The van der Waals surface area contributed by atoms with Gasteiger partial charge in [0.15, 0.2) is 5.65 Å². The molecule has 49 heavy (non-hydrogen) atoms. The summed E-state index contributed by atoms with van der Waals surface area (Å²) in [6.45, 7) is 6.30. The number of aromatic nitrogens is 6. The molecule has 0 unspecified atom stereocenters. The summed E-state index contributed by atoms with van der Waals surface area (Å²) in [5.41, 5.74) is 5.46. The van der Waals surface area contributed by atoms with Crippen LogP contribution >= 0.6 is 0 Å². The number of carbonyl (C=O) groups excluding carboxylic acids is 2. The van der Waals surface area contributed by atoms with Crippen LogP contribution in [0.15, 0.2) is 66.0 Å². The highest BCUT2D eigenvalue weighted by atomic mass is 16.2. The molecule has 0 radical (unpaired) electrons. The summed E-state index contributed by atoms with van der Waals surface area (Å²) in [6.07, 6.45) is 11.8. The predicted molar refractivity (Wildman–Crippen MR) is 186 cm³/mol. The topological polar surface area (TPSA) is 148 Å². The predicted octanol–water partition coefficient (Wildman–Crippen LogP) is 3.78. The molecule has 13 heteroatoms. The first-order chi connectivity index (χ1) is 23.9. The molecule has 1 atom stereocenters. The number of pyridine rings is 2. The molecule has 0 bridgehead atoms. The van der Waals surface area contributed by atoms with Gasteiger partial charge in [0.1, 0.15) is 6.04 Å². The second kappa shape index (κ2) is 12.7. The van der Waals surface area contributed by atoms with Crippen LogP contribution in [0.5, 0.6) is 0 Å². The van der Waals surface area contributed by atoms with Crippen LogP contribution in [0.2, 0.25) is 0 Å². The van der Waals surface area contributed by atoms with E-state index >= 15 is 0 Å². The standard InChI is InChI=1S/C36H42N10O3/c1-24-19-25(20-26-22-39-42-31(24)26)21-29(33(47)45-18-10-36(23-45)8-16-43(17-9-36)27-4-12-37-13-5-27)40-34(48)44-14-6-28(7-15-44)46-30-3-2-11-38-32(30)41-35(46)49/h2-5,11-13,19-20,22,28-29H,6-10,14-18,21,23H2,1H3,(H,39,42)(H,40,48)(H,38,41,49)/t29-/m0/s1. The minimum absolute atomic E-state index is 0.0283. The Labute approximate surface area is 283 Å². The SMILES string of the molecule is Cc1cc(C[C@H](NC(=O)N2CCC(n3c(=O)[nH]c4ncccc43)CC2)C(=O)N2CCC3(CCN(c4ccncc4)CC3)C2)cc2cn[nH]c12. The normalized spacial score (nSPS) is 18.8. The fourth-order valence-electron chi connectivity index (χ4n) is 8.30. The zero-order chi connectivity index (χ0) is 33.5. The molecule has 0 saturated carbocycles. The molecule has 13 nitrogen and oxygen atoms in total.